The Bertz CT molecular complexity index is 210. The molecule has 14 heavy (non-hydrogen) atoms. The van der Waals surface area contributed by atoms with Gasteiger partial charge in [0.1, 0.15) is 0 Å². The van der Waals surface area contributed by atoms with Crippen molar-refractivity contribution in [2.45, 2.75) is 13.8 Å². The smallest absolute Gasteiger partial charge is 0.0953 e. The zero-order valence-corrected chi connectivity index (χ0v) is 8.62. The highest BCUT2D eigenvalue weighted by molar-refractivity contribution is 5.79. The average molecular weight is 198 g/mol. The van der Waals surface area contributed by atoms with E-state index in [4.69, 9.17) is 22.3 Å². The van der Waals surface area contributed by atoms with Crippen molar-refractivity contribution in [2.75, 3.05) is 13.1 Å². The van der Waals surface area contributed by atoms with Crippen molar-refractivity contribution in [1.82, 2.24) is 0 Å². The fourth-order valence-electron chi connectivity index (χ4n) is 0.557. The quantitative estimate of drug-likeness (QED) is 0.283. The molecule has 0 aliphatic rings. The molecule has 0 amide bonds. The second-order valence-corrected chi connectivity index (χ2v) is 3.36. The van der Waals surface area contributed by atoms with Gasteiger partial charge in [-0.3, -0.25) is 10.8 Å². The number of amidine groups is 2. The largest absolute Gasteiger partial charge is 0.387 e. The Morgan fingerprint density at radius 3 is 1.50 bits per heavy atom. The van der Waals surface area contributed by atoms with Crippen LogP contribution in [0.15, 0.2) is 10.2 Å². The Kier molecular flexibility index (Phi) is 5.43. The highest BCUT2D eigenvalue weighted by atomic mass is 15.1. The first-order valence-corrected chi connectivity index (χ1v) is 4.46. The van der Waals surface area contributed by atoms with Crippen LogP contribution in [0.5, 0.6) is 0 Å². The van der Waals surface area contributed by atoms with E-state index in [0.29, 0.717) is 13.1 Å². The van der Waals surface area contributed by atoms with E-state index < -0.39 is 0 Å². The summed E-state index contributed by atoms with van der Waals surface area (Å²) in [4.78, 5) is 0. The lowest BCUT2D eigenvalue weighted by Gasteiger charge is -2.05. The van der Waals surface area contributed by atoms with Crippen LogP contribution < -0.4 is 11.5 Å². The summed E-state index contributed by atoms with van der Waals surface area (Å²) in [5.74, 6) is 0.0740. The molecule has 0 bridgehead atoms. The van der Waals surface area contributed by atoms with Crippen LogP contribution in [0.4, 0.5) is 0 Å². The molecular formula is C8H18N6. The summed E-state index contributed by atoms with van der Waals surface area (Å²) in [6.07, 6.45) is 0. The van der Waals surface area contributed by atoms with Gasteiger partial charge in [0, 0.05) is 11.8 Å². The van der Waals surface area contributed by atoms with Crippen LogP contribution in [-0.2, 0) is 0 Å². The minimum absolute atomic E-state index is 0.0774. The molecule has 6 nitrogen and oxygen atoms in total. The molecule has 6 heteroatoms. The Morgan fingerprint density at radius 2 is 1.29 bits per heavy atom. The molecule has 0 saturated heterocycles. The highest BCUT2D eigenvalue weighted by Gasteiger charge is 2.05. The van der Waals surface area contributed by atoms with Gasteiger partial charge in [-0.25, -0.2) is 0 Å². The lowest BCUT2D eigenvalue weighted by Crippen LogP contribution is -2.23. The van der Waals surface area contributed by atoms with Gasteiger partial charge in [0.2, 0.25) is 0 Å². The van der Waals surface area contributed by atoms with Crippen LogP contribution in [0.2, 0.25) is 0 Å². The summed E-state index contributed by atoms with van der Waals surface area (Å²) >= 11 is 0. The van der Waals surface area contributed by atoms with E-state index >= 15 is 0 Å². The molecule has 80 valence electrons. The monoisotopic (exact) mass is 198 g/mol. The molecular weight excluding hydrogens is 180 g/mol. The van der Waals surface area contributed by atoms with Gasteiger partial charge in [0.15, 0.2) is 0 Å². The molecule has 0 saturated carbocycles. The summed E-state index contributed by atoms with van der Waals surface area (Å²) in [5.41, 5.74) is 10.5. The Balaban J connectivity index is 3.74. The predicted molar refractivity (Wildman–Crippen MR) is 56.7 cm³/mol. The number of hydrogen-bond acceptors (Lipinski definition) is 4. The second kappa shape index (κ2) is 6.06. The van der Waals surface area contributed by atoms with E-state index in [0.717, 1.165) is 0 Å². The molecule has 0 rings (SSSR count). The van der Waals surface area contributed by atoms with Gasteiger partial charge in [-0.05, 0) is 0 Å². The van der Waals surface area contributed by atoms with Gasteiger partial charge in [-0.1, -0.05) is 13.8 Å². The van der Waals surface area contributed by atoms with Crippen LogP contribution in [0.1, 0.15) is 13.8 Å². The summed E-state index contributed by atoms with van der Waals surface area (Å²) in [5, 5.41) is 22.0. The Morgan fingerprint density at radius 1 is 1.00 bits per heavy atom. The van der Waals surface area contributed by atoms with Crippen molar-refractivity contribution in [2.24, 2.45) is 33.5 Å². The third kappa shape index (κ3) is 5.23. The van der Waals surface area contributed by atoms with E-state index in [1.165, 1.54) is 0 Å². The molecule has 0 aromatic heterocycles. The molecule has 2 unspecified atom stereocenters. The summed E-state index contributed by atoms with van der Waals surface area (Å²) in [6.45, 7) is 4.46. The zero-order chi connectivity index (χ0) is 11.1. The van der Waals surface area contributed by atoms with Crippen molar-refractivity contribution in [3.05, 3.63) is 0 Å². The number of nitrogens with two attached hydrogens (primary N) is 2. The molecule has 0 spiro atoms. The third-order valence-corrected chi connectivity index (χ3v) is 1.87. The molecule has 6 N–H and O–H groups in total. The van der Waals surface area contributed by atoms with Gasteiger partial charge in [0.25, 0.3) is 0 Å². The van der Waals surface area contributed by atoms with Crippen LogP contribution >= 0.6 is 0 Å². The van der Waals surface area contributed by atoms with E-state index in [9.17, 15) is 0 Å². The number of hydrogen-bond donors (Lipinski definition) is 4. The molecule has 0 heterocycles. The first-order valence-electron chi connectivity index (χ1n) is 4.46. The van der Waals surface area contributed by atoms with Crippen LogP contribution in [0.3, 0.4) is 0 Å². The summed E-state index contributed by atoms with van der Waals surface area (Å²) in [7, 11) is 0. The number of nitrogens with one attached hydrogen (secondary N) is 2. The van der Waals surface area contributed by atoms with Gasteiger partial charge >= 0.3 is 0 Å². The first-order chi connectivity index (χ1) is 6.45. The minimum Gasteiger partial charge on any atom is -0.387 e. The first kappa shape index (κ1) is 12.5. The van der Waals surface area contributed by atoms with Crippen molar-refractivity contribution in [3.8, 4) is 0 Å². The van der Waals surface area contributed by atoms with Gasteiger partial charge in [-0.15, -0.1) is 0 Å². The van der Waals surface area contributed by atoms with Crippen molar-refractivity contribution < 1.29 is 0 Å². The summed E-state index contributed by atoms with van der Waals surface area (Å²) in [6, 6.07) is 0. The molecule has 0 aliphatic heterocycles. The van der Waals surface area contributed by atoms with Crippen molar-refractivity contribution >= 4 is 11.7 Å². The highest BCUT2D eigenvalue weighted by Crippen LogP contribution is 1.97. The predicted octanol–water partition coefficient (Wildman–Crippen LogP) is 0.583. The maximum absolute atomic E-state index is 7.11. The van der Waals surface area contributed by atoms with E-state index in [1.54, 1.807) is 0 Å². The van der Waals surface area contributed by atoms with Crippen molar-refractivity contribution in [1.29, 1.82) is 10.8 Å². The molecule has 0 radical (unpaired) electrons. The minimum atomic E-state index is -0.0774. The topological polar surface area (TPSA) is 124 Å². The van der Waals surface area contributed by atoms with E-state index in [-0.39, 0.29) is 23.5 Å². The molecule has 0 aromatic carbocycles. The Labute approximate surface area is 83.8 Å². The fourth-order valence-corrected chi connectivity index (χ4v) is 0.557. The van der Waals surface area contributed by atoms with Crippen molar-refractivity contribution in [3.63, 3.8) is 0 Å². The Hall–Kier alpha value is -1.46. The lowest BCUT2D eigenvalue weighted by molar-refractivity contribution is 0.680. The van der Waals surface area contributed by atoms with Crippen LogP contribution in [-0.4, -0.2) is 24.8 Å². The zero-order valence-electron chi connectivity index (χ0n) is 8.62. The van der Waals surface area contributed by atoms with E-state index in [2.05, 4.69) is 10.2 Å². The number of rotatable bonds is 6. The van der Waals surface area contributed by atoms with Gasteiger partial charge in [-0.2, -0.15) is 10.2 Å². The maximum Gasteiger partial charge on any atom is 0.0953 e. The van der Waals surface area contributed by atoms with Gasteiger partial charge in [0.05, 0.1) is 24.8 Å². The van der Waals surface area contributed by atoms with Crippen LogP contribution in [0, 0.1) is 22.7 Å². The number of nitrogens with zero attached hydrogens (tertiary/aromatic N) is 2. The second-order valence-electron chi connectivity index (χ2n) is 3.36. The van der Waals surface area contributed by atoms with Crippen LogP contribution in [0.25, 0.3) is 0 Å². The molecule has 2 atom stereocenters. The number of azo groups is 1. The average Bonchev–Trinajstić information content (AvgIpc) is 2.11. The molecule has 0 aliphatic carbocycles. The fraction of sp³-hybridized carbons (Fsp3) is 0.750. The van der Waals surface area contributed by atoms with Gasteiger partial charge < -0.3 is 11.5 Å². The standard InChI is InChI=1S/C8H18N6/c1-5(7(9)10)3-13-14-4-6(2)8(11)12/h5-6H,3-4H2,1-2H3,(H3,9,10)(H3,11,12). The van der Waals surface area contributed by atoms with E-state index in [1.807, 2.05) is 13.8 Å². The maximum atomic E-state index is 7.11. The normalized spacial score (nSPS) is 15.3. The lowest BCUT2D eigenvalue weighted by atomic mass is 10.1. The summed E-state index contributed by atoms with van der Waals surface area (Å²) < 4.78 is 0. The SMILES string of the molecule is CC(CN=NCC(C)C(=N)N)C(=N)N. The third-order valence-electron chi connectivity index (χ3n) is 1.87. The molecule has 0 aromatic rings. The molecule has 0 fully saturated rings.